The van der Waals surface area contributed by atoms with Crippen molar-refractivity contribution in [3.63, 3.8) is 0 Å². The van der Waals surface area contributed by atoms with Gasteiger partial charge in [0.1, 0.15) is 5.82 Å². The Hall–Kier alpha value is -1.85. The van der Waals surface area contributed by atoms with Gasteiger partial charge in [-0.15, -0.1) is 0 Å². The van der Waals surface area contributed by atoms with Gasteiger partial charge in [-0.1, -0.05) is 36.0 Å². The predicted octanol–water partition coefficient (Wildman–Crippen LogP) is 3.61. The molecule has 0 atom stereocenters. The van der Waals surface area contributed by atoms with Gasteiger partial charge in [0.05, 0.1) is 5.56 Å². The summed E-state index contributed by atoms with van der Waals surface area (Å²) in [6, 6.07) is 13.9. The van der Waals surface area contributed by atoms with Crippen LogP contribution in [0.25, 0.3) is 0 Å². The quantitative estimate of drug-likeness (QED) is 0.807. The zero-order chi connectivity index (χ0) is 16.8. The van der Waals surface area contributed by atoms with Crippen molar-refractivity contribution in [1.82, 2.24) is 9.80 Å². The van der Waals surface area contributed by atoms with Crippen LogP contribution < -0.4 is 0 Å². The molecule has 0 N–H and O–H groups in total. The van der Waals surface area contributed by atoms with E-state index in [9.17, 15) is 9.18 Å². The van der Waals surface area contributed by atoms with Crippen molar-refractivity contribution in [2.45, 2.75) is 9.79 Å². The zero-order valence-electron chi connectivity index (χ0n) is 13.6. The van der Waals surface area contributed by atoms with E-state index in [4.69, 9.17) is 0 Å². The Kier molecular flexibility index (Phi) is 6.19. The minimum absolute atomic E-state index is 0.0497. The van der Waals surface area contributed by atoms with Crippen molar-refractivity contribution in [2.75, 3.05) is 34.2 Å². The van der Waals surface area contributed by atoms with Gasteiger partial charge in [-0.25, -0.2) is 4.39 Å². The van der Waals surface area contributed by atoms with Crippen LogP contribution in [0.2, 0.25) is 0 Å². The minimum atomic E-state index is -0.277. The third-order valence-corrected chi connectivity index (χ3v) is 4.53. The molecule has 23 heavy (non-hydrogen) atoms. The molecule has 1 amide bonds. The van der Waals surface area contributed by atoms with E-state index in [2.05, 4.69) is 0 Å². The molecule has 3 nitrogen and oxygen atoms in total. The van der Waals surface area contributed by atoms with E-state index < -0.39 is 0 Å². The van der Waals surface area contributed by atoms with Crippen LogP contribution in [-0.2, 0) is 0 Å². The van der Waals surface area contributed by atoms with Crippen molar-refractivity contribution in [3.05, 3.63) is 59.9 Å². The molecule has 2 aromatic rings. The normalized spacial score (nSPS) is 10.8. The topological polar surface area (TPSA) is 23.6 Å². The van der Waals surface area contributed by atoms with E-state index in [1.165, 1.54) is 17.8 Å². The lowest BCUT2D eigenvalue weighted by atomic mass is 10.2. The number of benzene rings is 2. The van der Waals surface area contributed by atoms with Crippen molar-refractivity contribution in [3.8, 4) is 0 Å². The highest BCUT2D eigenvalue weighted by Gasteiger charge is 2.17. The maximum absolute atomic E-state index is 13.9. The molecular formula is C18H21FN2OS. The summed E-state index contributed by atoms with van der Waals surface area (Å²) in [7, 11) is 5.73. The van der Waals surface area contributed by atoms with E-state index in [1.54, 1.807) is 36.2 Å². The molecule has 0 unspecified atom stereocenters. The van der Waals surface area contributed by atoms with Crippen molar-refractivity contribution < 1.29 is 9.18 Å². The highest BCUT2D eigenvalue weighted by molar-refractivity contribution is 7.99. The summed E-state index contributed by atoms with van der Waals surface area (Å²) in [4.78, 5) is 17.7. The Morgan fingerprint density at radius 2 is 1.57 bits per heavy atom. The van der Waals surface area contributed by atoms with Crippen LogP contribution in [0.4, 0.5) is 4.39 Å². The van der Waals surface area contributed by atoms with Crippen molar-refractivity contribution >= 4 is 17.7 Å². The van der Waals surface area contributed by atoms with Crippen molar-refractivity contribution in [2.24, 2.45) is 0 Å². The van der Waals surface area contributed by atoms with E-state index >= 15 is 0 Å². The number of rotatable bonds is 6. The van der Waals surface area contributed by atoms with E-state index in [0.717, 1.165) is 11.4 Å². The molecule has 0 aliphatic heterocycles. The van der Waals surface area contributed by atoms with E-state index in [1.807, 2.05) is 37.2 Å². The SMILES string of the molecule is CN(C)CCN(C)C(=O)c1ccccc1Sc1ccccc1F. The lowest BCUT2D eigenvalue weighted by molar-refractivity contribution is 0.0783. The standard InChI is InChI=1S/C18H21FN2OS/c1-20(2)12-13-21(3)18(22)14-8-4-6-10-16(14)23-17-11-7-5-9-15(17)19/h4-11H,12-13H2,1-3H3. The van der Waals surface area contributed by atoms with Gasteiger partial charge in [-0.2, -0.15) is 0 Å². The van der Waals surface area contributed by atoms with Crippen LogP contribution in [0.1, 0.15) is 10.4 Å². The molecule has 0 spiro atoms. The lowest BCUT2D eigenvalue weighted by Gasteiger charge is -2.21. The van der Waals surface area contributed by atoms with Gasteiger partial charge in [-0.3, -0.25) is 4.79 Å². The maximum atomic E-state index is 13.9. The first-order valence-electron chi connectivity index (χ1n) is 7.40. The number of carbonyl (C=O) groups is 1. The van der Waals surface area contributed by atoms with Gasteiger partial charge in [0.25, 0.3) is 5.91 Å². The van der Waals surface area contributed by atoms with Gasteiger partial charge in [0.2, 0.25) is 0 Å². The van der Waals surface area contributed by atoms with E-state index in [-0.39, 0.29) is 11.7 Å². The second kappa shape index (κ2) is 8.13. The Morgan fingerprint density at radius 1 is 0.957 bits per heavy atom. The van der Waals surface area contributed by atoms with Gasteiger partial charge in [0.15, 0.2) is 0 Å². The molecule has 0 saturated carbocycles. The maximum Gasteiger partial charge on any atom is 0.254 e. The summed E-state index contributed by atoms with van der Waals surface area (Å²) in [5, 5.41) is 0. The first-order chi connectivity index (χ1) is 11.0. The molecule has 0 aliphatic carbocycles. The molecule has 0 aliphatic rings. The summed E-state index contributed by atoms with van der Waals surface area (Å²) >= 11 is 1.28. The fraction of sp³-hybridized carbons (Fsp3) is 0.278. The minimum Gasteiger partial charge on any atom is -0.340 e. The summed E-state index contributed by atoms with van der Waals surface area (Å²) in [6.45, 7) is 1.44. The van der Waals surface area contributed by atoms with Crippen LogP contribution in [0.15, 0.2) is 58.3 Å². The molecule has 2 rings (SSSR count). The number of amides is 1. The third kappa shape index (κ3) is 4.81. The average molecular weight is 332 g/mol. The molecule has 0 aromatic heterocycles. The Bertz CT molecular complexity index is 676. The summed E-state index contributed by atoms with van der Waals surface area (Å²) in [6.07, 6.45) is 0. The number of hydrogen-bond donors (Lipinski definition) is 0. The number of carbonyl (C=O) groups excluding carboxylic acids is 1. The Morgan fingerprint density at radius 3 is 2.22 bits per heavy atom. The second-order valence-electron chi connectivity index (χ2n) is 5.56. The average Bonchev–Trinajstić information content (AvgIpc) is 2.54. The van der Waals surface area contributed by atoms with Crippen LogP contribution in [0, 0.1) is 5.82 Å². The van der Waals surface area contributed by atoms with Gasteiger partial charge in [-0.05, 0) is 38.4 Å². The summed E-state index contributed by atoms with van der Waals surface area (Å²) < 4.78 is 13.9. The number of hydrogen-bond acceptors (Lipinski definition) is 3. The van der Waals surface area contributed by atoms with Crippen LogP contribution in [-0.4, -0.2) is 49.9 Å². The lowest BCUT2D eigenvalue weighted by Crippen LogP contribution is -2.33. The molecule has 2 aromatic carbocycles. The molecule has 0 radical (unpaired) electrons. The first kappa shape index (κ1) is 17.5. The number of halogens is 1. The molecule has 0 bridgehead atoms. The van der Waals surface area contributed by atoms with Crippen LogP contribution in [0.3, 0.4) is 0 Å². The number of nitrogens with zero attached hydrogens (tertiary/aromatic N) is 2. The molecule has 122 valence electrons. The molecule has 5 heteroatoms. The molecule has 0 saturated heterocycles. The smallest absolute Gasteiger partial charge is 0.254 e. The largest absolute Gasteiger partial charge is 0.340 e. The summed E-state index contributed by atoms with van der Waals surface area (Å²) in [5.74, 6) is -0.327. The fourth-order valence-electron chi connectivity index (χ4n) is 2.04. The molecular weight excluding hydrogens is 311 g/mol. The van der Waals surface area contributed by atoms with Gasteiger partial charge < -0.3 is 9.80 Å². The Labute approximate surface area is 141 Å². The predicted molar refractivity (Wildman–Crippen MR) is 92.5 cm³/mol. The van der Waals surface area contributed by atoms with E-state index in [0.29, 0.717) is 17.0 Å². The van der Waals surface area contributed by atoms with Gasteiger partial charge in [0, 0.05) is 29.9 Å². The number of likely N-dealkylation sites (N-methyl/N-ethyl adjacent to an activating group) is 2. The highest BCUT2D eigenvalue weighted by Crippen LogP contribution is 2.32. The van der Waals surface area contributed by atoms with Crippen LogP contribution in [0.5, 0.6) is 0 Å². The summed E-state index contributed by atoms with van der Waals surface area (Å²) in [5.41, 5.74) is 0.599. The fourth-order valence-corrected chi connectivity index (χ4v) is 3.00. The van der Waals surface area contributed by atoms with Crippen LogP contribution >= 0.6 is 11.8 Å². The Balaban J connectivity index is 2.20. The first-order valence-corrected chi connectivity index (χ1v) is 8.22. The second-order valence-corrected chi connectivity index (χ2v) is 6.64. The zero-order valence-corrected chi connectivity index (χ0v) is 14.4. The third-order valence-electron chi connectivity index (χ3n) is 3.40. The molecule has 0 heterocycles. The van der Waals surface area contributed by atoms with Gasteiger partial charge >= 0.3 is 0 Å². The van der Waals surface area contributed by atoms with Crippen molar-refractivity contribution in [1.29, 1.82) is 0 Å². The highest BCUT2D eigenvalue weighted by atomic mass is 32.2. The monoisotopic (exact) mass is 332 g/mol. The molecule has 0 fully saturated rings.